The average molecular weight is 371 g/mol. The molecule has 0 aromatic heterocycles. The maximum Gasteiger partial charge on any atom is 0.274 e. The highest BCUT2D eigenvalue weighted by atomic mass is 16.5. The van der Waals surface area contributed by atoms with Crippen LogP contribution < -0.4 is 10.2 Å². The standard InChI is InChI=1S/C21H29N3O3/c1-2-3-4-7-20(25)22-17-8-10-18(11-9-17)24-12-5-6-19(21(24)26)23-13-15-27-16-14-23/h6,8-11H,2-5,7,12-16H2,1H3,(H,22,25). The van der Waals surface area contributed by atoms with Gasteiger partial charge in [0.2, 0.25) is 5.91 Å². The van der Waals surface area contributed by atoms with Gasteiger partial charge in [-0.05, 0) is 37.1 Å². The first-order chi connectivity index (χ1) is 13.2. The Balaban J connectivity index is 1.60. The van der Waals surface area contributed by atoms with Crippen LogP contribution in [-0.2, 0) is 14.3 Å². The summed E-state index contributed by atoms with van der Waals surface area (Å²) in [4.78, 5) is 28.8. The SMILES string of the molecule is CCCCCC(=O)Nc1ccc(N2CCC=C(N3CCOCC3)C2=O)cc1. The Kier molecular flexibility index (Phi) is 6.87. The Hall–Kier alpha value is -2.34. The van der Waals surface area contributed by atoms with Crippen LogP contribution in [0.4, 0.5) is 11.4 Å². The van der Waals surface area contributed by atoms with Crippen molar-refractivity contribution in [1.82, 2.24) is 4.90 Å². The Morgan fingerprint density at radius 2 is 1.85 bits per heavy atom. The number of hydrogen-bond donors (Lipinski definition) is 1. The van der Waals surface area contributed by atoms with Crippen LogP contribution in [0.25, 0.3) is 0 Å². The number of nitrogens with zero attached hydrogens (tertiary/aromatic N) is 2. The minimum absolute atomic E-state index is 0.0412. The smallest absolute Gasteiger partial charge is 0.274 e. The van der Waals surface area contributed by atoms with Crippen LogP contribution >= 0.6 is 0 Å². The van der Waals surface area contributed by atoms with Crippen molar-refractivity contribution in [1.29, 1.82) is 0 Å². The summed E-state index contributed by atoms with van der Waals surface area (Å²) in [5.41, 5.74) is 2.41. The fraction of sp³-hybridized carbons (Fsp3) is 0.524. The van der Waals surface area contributed by atoms with Crippen LogP contribution in [0.2, 0.25) is 0 Å². The number of carbonyl (C=O) groups is 2. The van der Waals surface area contributed by atoms with Crippen LogP contribution in [0, 0.1) is 0 Å². The molecule has 0 aliphatic carbocycles. The van der Waals surface area contributed by atoms with Gasteiger partial charge in [0.25, 0.3) is 5.91 Å². The number of benzene rings is 1. The summed E-state index contributed by atoms with van der Waals surface area (Å²) in [7, 11) is 0. The highest BCUT2D eigenvalue weighted by Crippen LogP contribution is 2.25. The van der Waals surface area contributed by atoms with Crippen LogP contribution in [0.3, 0.4) is 0 Å². The number of carbonyl (C=O) groups excluding carboxylic acids is 2. The van der Waals surface area contributed by atoms with Crippen molar-refractivity contribution in [3.63, 3.8) is 0 Å². The molecule has 1 saturated heterocycles. The van der Waals surface area contributed by atoms with Gasteiger partial charge in [-0.15, -0.1) is 0 Å². The molecule has 27 heavy (non-hydrogen) atoms. The van der Waals surface area contributed by atoms with Gasteiger partial charge in [0.05, 0.1) is 18.9 Å². The van der Waals surface area contributed by atoms with Crippen molar-refractivity contribution < 1.29 is 14.3 Å². The molecule has 2 aliphatic heterocycles. The lowest BCUT2D eigenvalue weighted by Gasteiger charge is -2.35. The number of morpholine rings is 1. The van der Waals surface area contributed by atoms with E-state index in [4.69, 9.17) is 4.74 Å². The quantitative estimate of drug-likeness (QED) is 0.748. The molecule has 1 aromatic carbocycles. The summed E-state index contributed by atoms with van der Waals surface area (Å²) >= 11 is 0. The topological polar surface area (TPSA) is 61.9 Å². The first-order valence-corrected chi connectivity index (χ1v) is 9.93. The molecular formula is C21H29N3O3. The molecule has 0 atom stereocenters. The molecule has 2 aliphatic rings. The van der Waals surface area contributed by atoms with Crippen LogP contribution in [0.5, 0.6) is 0 Å². The monoisotopic (exact) mass is 371 g/mol. The van der Waals surface area contributed by atoms with Crippen molar-refractivity contribution >= 4 is 23.2 Å². The number of amides is 2. The molecule has 2 heterocycles. The third-order valence-electron chi connectivity index (χ3n) is 4.98. The lowest BCUT2D eigenvalue weighted by Crippen LogP contribution is -2.45. The fourth-order valence-corrected chi connectivity index (χ4v) is 3.46. The van der Waals surface area contributed by atoms with E-state index >= 15 is 0 Å². The van der Waals surface area contributed by atoms with E-state index in [1.807, 2.05) is 35.2 Å². The van der Waals surface area contributed by atoms with E-state index in [0.29, 0.717) is 26.2 Å². The Morgan fingerprint density at radius 3 is 2.56 bits per heavy atom. The first-order valence-electron chi connectivity index (χ1n) is 9.93. The molecule has 6 nitrogen and oxygen atoms in total. The molecular weight excluding hydrogens is 342 g/mol. The number of rotatable bonds is 7. The van der Waals surface area contributed by atoms with Gasteiger partial charge in [-0.25, -0.2) is 0 Å². The number of anilines is 2. The van der Waals surface area contributed by atoms with Crippen LogP contribution in [0.1, 0.15) is 39.0 Å². The maximum absolute atomic E-state index is 12.9. The van der Waals surface area contributed by atoms with E-state index in [1.165, 1.54) is 0 Å². The molecule has 0 bridgehead atoms. The van der Waals surface area contributed by atoms with Crippen LogP contribution in [-0.4, -0.2) is 49.6 Å². The van der Waals surface area contributed by atoms with Crippen molar-refractivity contribution in [2.45, 2.75) is 39.0 Å². The van der Waals surface area contributed by atoms with E-state index in [2.05, 4.69) is 17.1 Å². The van der Waals surface area contributed by atoms with Gasteiger partial charge in [-0.1, -0.05) is 25.8 Å². The van der Waals surface area contributed by atoms with Crippen LogP contribution in [0.15, 0.2) is 36.0 Å². The second-order valence-electron chi connectivity index (χ2n) is 6.99. The van der Waals surface area contributed by atoms with E-state index in [0.717, 1.165) is 55.8 Å². The molecule has 3 rings (SSSR count). The molecule has 0 spiro atoms. The molecule has 6 heteroatoms. The largest absolute Gasteiger partial charge is 0.378 e. The molecule has 2 amide bonds. The fourth-order valence-electron chi connectivity index (χ4n) is 3.46. The van der Waals surface area contributed by atoms with E-state index in [-0.39, 0.29) is 11.8 Å². The van der Waals surface area contributed by atoms with Crippen molar-refractivity contribution in [2.75, 3.05) is 43.1 Å². The zero-order valence-electron chi connectivity index (χ0n) is 16.1. The third kappa shape index (κ3) is 5.10. The zero-order chi connectivity index (χ0) is 19.1. The van der Waals surface area contributed by atoms with E-state index in [1.54, 1.807) is 0 Å². The van der Waals surface area contributed by atoms with Gasteiger partial charge < -0.3 is 19.9 Å². The number of unbranched alkanes of at least 4 members (excludes halogenated alkanes) is 2. The molecule has 0 radical (unpaired) electrons. The predicted octanol–water partition coefficient (Wildman–Crippen LogP) is 3.16. The highest BCUT2D eigenvalue weighted by Gasteiger charge is 2.28. The van der Waals surface area contributed by atoms with Gasteiger partial charge in [0.15, 0.2) is 0 Å². The lowest BCUT2D eigenvalue weighted by molar-refractivity contribution is -0.118. The second kappa shape index (κ2) is 9.55. The van der Waals surface area contributed by atoms with Gasteiger partial charge >= 0.3 is 0 Å². The van der Waals surface area contributed by atoms with Crippen molar-refractivity contribution in [3.8, 4) is 0 Å². The molecule has 1 N–H and O–H groups in total. The summed E-state index contributed by atoms with van der Waals surface area (Å²) in [5.74, 6) is 0.0855. The van der Waals surface area contributed by atoms with Gasteiger partial charge in [-0.2, -0.15) is 0 Å². The number of ether oxygens (including phenoxy) is 1. The van der Waals surface area contributed by atoms with Gasteiger partial charge in [-0.3, -0.25) is 9.59 Å². The highest BCUT2D eigenvalue weighted by molar-refractivity contribution is 6.06. The Morgan fingerprint density at radius 1 is 1.11 bits per heavy atom. The van der Waals surface area contributed by atoms with Crippen molar-refractivity contribution in [2.24, 2.45) is 0 Å². The normalized spacial score (nSPS) is 17.7. The van der Waals surface area contributed by atoms with E-state index < -0.39 is 0 Å². The summed E-state index contributed by atoms with van der Waals surface area (Å²) in [6, 6.07) is 7.55. The number of hydrogen-bond acceptors (Lipinski definition) is 4. The molecule has 0 saturated carbocycles. The maximum atomic E-state index is 12.9. The zero-order valence-corrected chi connectivity index (χ0v) is 16.1. The van der Waals surface area contributed by atoms with Gasteiger partial charge in [0, 0.05) is 37.4 Å². The molecule has 146 valence electrons. The molecule has 1 fully saturated rings. The lowest BCUT2D eigenvalue weighted by atomic mass is 10.1. The minimum Gasteiger partial charge on any atom is -0.378 e. The summed E-state index contributed by atoms with van der Waals surface area (Å²) in [5, 5.41) is 2.93. The molecule has 0 unspecified atom stereocenters. The van der Waals surface area contributed by atoms with Gasteiger partial charge in [0.1, 0.15) is 0 Å². The Labute approximate surface area is 161 Å². The second-order valence-corrected chi connectivity index (χ2v) is 6.99. The summed E-state index contributed by atoms with van der Waals surface area (Å²) in [6.07, 6.45) is 6.52. The average Bonchev–Trinajstić information content (AvgIpc) is 2.70. The minimum atomic E-state index is 0.0412. The predicted molar refractivity (Wildman–Crippen MR) is 107 cm³/mol. The Bertz CT molecular complexity index is 678. The van der Waals surface area contributed by atoms with Crippen molar-refractivity contribution in [3.05, 3.63) is 36.0 Å². The number of nitrogens with one attached hydrogen (secondary N) is 1. The van der Waals surface area contributed by atoms with E-state index in [9.17, 15) is 9.59 Å². The first kappa shape index (κ1) is 19.4. The third-order valence-corrected chi connectivity index (χ3v) is 4.98. The summed E-state index contributed by atoms with van der Waals surface area (Å²) < 4.78 is 5.38. The summed E-state index contributed by atoms with van der Waals surface area (Å²) in [6.45, 7) is 5.64. The molecule has 1 aromatic rings.